The lowest BCUT2D eigenvalue weighted by Crippen LogP contribution is -2.09. The number of nitrogens with zero attached hydrogens (tertiary/aromatic N) is 2. The van der Waals surface area contributed by atoms with Crippen LogP contribution in [-0.2, 0) is 0 Å². The average molecular weight is 227 g/mol. The molecule has 1 aromatic carbocycles. The van der Waals surface area contributed by atoms with Crippen LogP contribution in [0, 0.1) is 11.3 Å². The van der Waals surface area contributed by atoms with E-state index in [0.717, 1.165) is 0 Å². The maximum Gasteiger partial charge on any atom is 0.337 e. The van der Waals surface area contributed by atoms with Crippen molar-refractivity contribution in [2.45, 2.75) is 0 Å². The minimum Gasteiger partial charge on any atom is -0.478 e. The maximum atomic E-state index is 11.1. The van der Waals surface area contributed by atoms with Crippen molar-refractivity contribution in [3.05, 3.63) is 47.8 Å². The van der Waals surface area contributed by atoms with Gasteiger partial charge in [0, 0.05) is 6.20 Å². The van der Waals surface area contributed by atoms with E-state index in [0.29, 0.717) is 17.1 Å². The van der Waals surface area contributed by atoms with Crippen LogP contribution < -0.4 is 5.73 Å². The molecule has 0 unspecified atom stereocenters. The van der Waals surface area contributed by atoms with E-state index in [9.17, 15) is 4.79 Å². The molecular formula is C12H9N3O2. The van der Waals surface area contributed by atoms with E-state index in [1.807, 2.05) is 6.07 Å². The lowest BCUT2D eigenvalue weighted by molar-refractivity contribution is 0.0697. The first-order chi connectivity index (χ1) is 8.15. The van der Waals surface area contributed by atoms with Crippen LogP contribution in [0.1, 0.15) is 16.1 Å². The molecule has 0 saturated carbocycles. The molecule has 0 atom stereocenters. The molecule has 0 bridgehead atoms. The van der Waals surface area contributed by atoms with Gasteiger partial charge in [0.05, 0.1) is 16.9 Å². The van der Waals surface area contributed by atoms with Crippen molar-refractivity contribution in [1.82, 2.24) is 4.57 Å². The van der Waals surface area contributed by atoms with Crippen LogP contribution >= 0.6 is 0 Å². The SMILES string of the molecule is N#Cc1cccn1-c1c(N)cccc1C(=O)O. The summed E-state index contributed by atoms with van der Waals surface area (Å²) >= 11 is 0. The number of aromatic carboxylic acids is 1. The largest absolute Gasteiger partial charge is 0.478 e. The standard InChI is InChI=1S/C12H9N3O2/c13-7-8-3-2-6-15(8)11-9(12(16)17)4-1-5-10(11)14/h1-6H,14H2,(H,16,17). The molecule has 3 N–H and O–H groups in total. The highest BCUT2D eigenvalue weighted by Gasteiger charge is 2.15. The smallest absolute Gasteiger partial charge is 0.337 e. The number of hydrogen-bond acceptors (Lipinski definition) is 3. The molecule has 0 spiro atoms. The quantitative estimate of drug-likeness (QED) is 0.762. The van der Waals surface area contributed by atoms with Gasteiger partial charge in [-0.25, -0.2) is 4.79 Å². The summed E-state index contributed by atoms with van der Waals surface area (Å²) in [7, 11) is 0. The van der Waals surface area contributed by atoms with Gasteiger partial charge in [-0.05, 0) is 24.3 Å². The van der Waals surface area contributed by atoms with E-state index in [4.69, 9.17) is 16.1 Å². The summed E-state index contributed by atoms with van der Waals surface area (Å²) in [6, 6.07) is 9.86. The number of anilines is 1. The predicted molar refractivity (Wildman–Crippen MR) is 61.9 cm³/mol. The van der Waals surface area contributed by atoms with Gasteiger partial charge in [-0.1, -0.05) is 6.07 Å². The highest BCUT2D eigenvalue weighted by Crippen LogP contribution is 2.23. The molecule has 0 radical (unpaired) electrons. The summed E-state index contributed by atoms with van der Waals surface area (Å²) in [4.78, 5) is 11.1. The molecule has 0 aliphatic rings. The van der Waals surface area contributed by atoms with Gasteiger partial charge in [0.1, 0.15) is 11.8 Å². The fourth-order valence-electron chi connectivity index (χ4n) is 1.67. The number of para-hydroxylation sites is 1. The fraction of sp³-hybridized carbons (Fsp3) is 0. The fourth-order valence-corrected chi connectivity index (χ4v) is 1.67. The first-order valence-corrected chi connectivity index (χ1v) is 4.84. The van der Waals surface area contributed by atoms with Gasteiger partial charge in [-0.15, -0.1) is 0 Å². The third kappa shape index (κ3) is 1.72. The van der Waals surface area contributed by atoms with Gasteiger partial charge >= 0.3 is 5.97 Å². The number of hydrogen-bond donors (Lipinski definition) is 2. The second-order valence-corrected chi connectivity index (χ2v) is 3.42. The topological polar surface area (TPSA) is 92.0 Å². The summed E-state index contributed by atoms with van der Waals surface area (Å²) in [5.74, 6) is -1.08. The van der Waals surface area contributed by atoms with Crippen molar-refractivity contribution in [2.24, 2.45) is 0 Å². The Labute approximate surface area is 97.3 Å². The molecule has 5 heteroatoms. The summed E-state index contributed by atoms with van der Waals surface area (Å²) < 4.78 is 1.47. The molecule has 17 heavy (non-hydrogen) atoms. The second-order valence-electron chi connectivity index (χ2n) is 3.42. The molecule has 5 nitrogen and oxygen atoms in total. The number of carbonyl (C=O) groups is 1. The van der Waals surface area contributed by atoms with Crippen LogP contribution in [0.25, 0.3) is 5.69 Å². The van der Waals surface area contributed by atoms with Gasteiger partial charge in [0.25, 0.3) is 0 Å². The van der Waals surface area contributed by atoms with Crippen LogP contribution in [0.4, 0.5) is 5.69 Å². The second kappa shape index (κ2) is 4.02. The van der Waals surface area contributed by atoms with Crippen LogP contribution in [0.3, 0.4) is 0 Å². The highest BCUT2D eigenvalue weighted by molar-refractivity contribution is 5.94. The molecular weight excluding hydrogens is 218 g/mol. The number of carboxylic acid groups (broad SMARTS) is 1. The molecule has 0 aliphatic heterocycles. The number of aromatic nitrogens is 1. The number of rotatable bonds is 2. The summed E-state index contributed by atoms with van der Waals surface area (Å²) in [5, 5.41) is 18.0. The number of benzene rings is 1. The Hall–Kier alpha value is -2.74. The Balaban J connectivity index is 2.75. The maximum absolute atomic E-state index is 11.1. The lowest BCUT2D eigenvalue weighted by atomic mass is 10.1. The molecule has 0 fully saturated rings. The molecule has 2 aromatic rings. The van der Waals surface area contributed by atoms with Gasteiger partial charge in [-0.3, -0.25) is 0 Å². The summed E-state index contributed by atoms with van der Waals surface area (Å²) in [6.07, 6.45) is 1.61. The Morgan fingerprint density at radius 1 is 1.35 bits per heavy atom. The Morgan fingerprint density at radius 3 is 2.76 bits per heavy atom. The van der Waals surface area contributed by atoms with E-state index < -0.39 is 5.97 Å². The number of nitriles is 1. The number of nitrogens with two attached hydrogens (primary N) is 1. The van der Waals surface area contributed by atoms with Gasteiger partial charge in [-0.2, -0.15) is 5.26 Å². The summed E-state index contributed by atoms with van der Waals surface area (Å²) in [5.41, 5.74) is 6.82. The normalized spacial score (nSPS) is 9.82. The molecule has 0 amide bonds. The zero-order valence-electron chi connectivity index (χ0n) is 8.79. The monoisotopic (exact) mass is 227 g/mol. The zero-order chi connectivity index (χ0) is 12.4. The molecule has 1 aromatic heterocycles. The highest BCUT2D eigenvalue weighted by atomic mass is 16.4. The molecule has 2 rings (SSSR count). The Morgan fingerprint density at radius 2 is 2.12 bits per heavy atom. The third-order valence-electron chi connectivity index (χ3n) is 2.40. The predicted octanol–water partition coefficient (Wildman–Crippen LogP) is 1.63. The van der Waals surface area contributed by atoms with Crippen LogP contribution in [0.15, 0.2) is 36.5 Å². The molecule has 0 aliphatic carbocycles. The molecule has 1 heterocycles. The van der Waals surface area contributed by atoms with Gasteiger partial charge in [0.15, 0.2) is 0 Å². The van der Waals surface area contributed by atoms with Crippen molar-refractivity contribution < 1.29 is 9.90 Å². The Bertz CT molecular complexity index is 623. The minimum atomic E-state index is -1.08. The van der Waals surface area contributed by atoms with Gasteiger partial charge in [0.2, 0.25) is 0 Å². The zero-order valence-corrected chi connectivity index (χ0v) is 8.79. The van der Waals surface area contributed by atoms with Gasteiger partial charge < -0.3 is 15.4 Å². The van der Waals surface area contributed by atoms with Crippen LogP contribution in [0.2, 0.25) is 0 Å². The van der Waals surface area contributed by atoms with Crippen molar-refractivity contribution >= 4 is 11.7 Å². The van der Waals surface area contributed by atoms with Crippen molar-refractivity contribution in [1.29, 1.82) is 5.26 Å². The average Bonchev–Trinajstić information content (AvgIpc) is 2.76. The van der Waals surface area contributed by atoms with E-state index in [-0.39, 0.29) is 5.56 Å². The van der Waals surface area contributed by atoms with E-state index in [1.165, 1.54) is 10.6 Å². The van der Waals surface area contributed by atoms with Crippen molar-refractivity contribution in [3.8, 4) is 11.8 Å². The lowest BCUT2D eigenvalue weighted by Gasteiger charge is -2.11. The number of nitrogen functional groups attached to an aromatic ring is 1. The summed E-state index contributed by atoms with van der Waals surface area (Å²) in [6.45, 7) is 0. The molecule has 0 saturated heterocycles. The number of carboxylic acids is 1. The van der Waals surface area contributed by atoms with Crippen molar-refractivity contribution in [2.75, 3.05) is 5.73 Å². The first-order valence-electron chi connectivity index (χ1n) is 4.84. The minimum absolute atomic E-state index is 0.0673. The first kappa shape index (κ1) is 10.8. The van der Waals surface area contributed by atoms with Crippen molar-refractivity contribution in [3.63, 3.8) is 0 Å². The Kier molecular flexibility index (Phi) is 2.55. The van der Waals surface area contributed by atoms with Crippen LogP contribution in [-0.4, -0.2) is 15.6 Å². The third-order valence-corrected chi connectivity index (χ3v) is 2.40. The van der Waals surface area contributed by atoms with E-state index in [1.54, 1.807) is 30.5 Å². The molecule has 84 valence electrons. The van der Waals surface area contributed by atoms with E-state index >= 15 is 0 Å². The van der Waals surface area contributed by atoms with E-state index in [2.05, 4.69) is 0 Å². The van der Waals surface area contributed by atoms with Crippen LogP contribution in [0.5, 0.6) is 0 Å².